The molecule has 0 radical (unpaired) electrons. The largest absolute Gasteiger partial charge is 0.305 e. The van der Waals surface area contributed by atoms with Crippen LogP contribution in [0.15, 0.2) is 42.0 Å². The molecule has 0 aliphatic rings. The van der Waals surface area contributed by atoms with Crippen molar-refractivity contribution < 1.29 is 0 Å². The smallest absolute Gasteiger partial charge is 0.193 e. The number of thiazole rings is 1. The molecular formula is C15H14N4S. The summed E-state index contributed by atoms with van der Waals surface area (Å²) >= 11 is 1.64. The van der Waals surface area contributed by atoms with Crippen molar-refractivity contribution in [2.75, 3.05) is 0 Å². The Morgan fingerprint density at radius 2 is 2.20 bits per heavy atom. The first-order chi connectivity index (χ1) is 9.76. The Morgan fingerprint density at radius 1 is 1.40 bits per heavy atom. The van der Waals surface area contributed by atoms with Gasteiger partial charge >= 0.3 is 0 Å². The van der Waals surface area contributed by atoms with Crippen molar-refractivity contribution >= 4 is 16.3 Å². The average Bonchev–Trinajstić information content (AvgIpc) is 3.06. The lowest BCUT2D eigenvalue weighted by molar-refractivity contribution is 0.569. The maximum atomic E-state index is 8.79. The lowest BCUT2D eigenvalue weighted by Crippen LogP contribution is -2.18. The molecule has 4 nitrogen and oxygen atoms in total. The van der Waals surface area contributed by atoms with Crippen molar-refractivity contribution in [3.8, 4) is 6.07 Å². The summed E-state index contributed by atoms with van der Waals surface area (Å²) in [6, 6.07) is 10.0. The van der Waals surface area contributed by atoms with E-state index in [0.717, 1.165) is 17.2 Å². The molecular weight excluding hydrogens is 268 g/mol. The fraction of sp³-hybridized carbons (Fsp3) is 0.200. The minimum absolute atomic E-state index is 0.225. The highest BCUT2D eigenvalue weighted by atomic mass is 32.1. The molecule has 2 aromatic heterocycles. The molecule has 1 atom stereocenters. The van der Waals surface area contributed by atoms with E-state index in [4.69, 9.17) is 5.26 Å². The second-order valence-electron chi connectivity index (χ2n) is 4.66. The van der Waals surface area contributed by atoms with E-state index in [2.05, 4.69) is 23.3 Å². The van der Waals surface area contributed by atoms with Crippen molar-refractivity contribution in [2.45, 2.75) is 19.5 Å². The van der Waals surface area contributed by atoms with Crippen molar-refractivity contribution in [3.63, 3.8) is 0 Å². The third-order valence-corrected chi connectivity index (χ3v) is 4.04. The first kappa shape index (κ1) is 12.9. The summed E-state index contributed by atoms with van der Waals surface area (Å²) in [6.45, 7) is 2.84. The third kappa shape index (κ3) is 2.57. The molecule has 3 rings (SSSR count). The summed E-state index contributed by atoms with van der Waals surface area (Å²) in [5.41, 5.74) is 2.90. The van der Waals surface area contributed by atoms with E-state index < -0.39 is 0 Å². The molecule has 0 spiro atoms. The molecule has 0 aliphatic heterocycles. The standard InChI is InChI=1S/C15H14N4S/c1-11(13-4-2-12(8-16)3-5-13)17-9-14-10-19-6-7-20-15(19)18-14/h2-7,10-11,17H,9H2,1H3. The Labute approximate surface area is 121 Å². The normalized spacial score (nSPS) is 12.4. The number of fused-ring (bicyclic) bond motifs is 1. The molecule has 1 unspecified atom stereocenters. The van der Waals surface area contributed by atoms with Gasteiger partial charge in [-0.25, -0.2) is 4.98 Å². The number of aromatic nitrogens is 2. The number of nitrogens with one attached hydrogen (secondary N) is 1. The lowest BCUT2D eigenvalue weighted by atomic mass is 10.1. The zero-order valence-electron chi connectivity index (χ0n) is 11.1. The third-order valence-electron chi connectivity index (χ3n) is 3.27. The van der Waals surface area contributed by atoms with Crippen molar-refractivity contribution in [1.82, 2.24) is 14.7 Å². The molecule has 2 heterocycles. The fourth-order valence-corrected chi connectivity index (χ4v) is 2.80. The van der Waals surface area contributed by atoms with Crippen LogP contribution in [0.5, 0.6) is 0 Å². The molecule has 5 heteroatoms. The van der Waals surface area contributed by atoms with Crippen molar-refractivity contribution in [3.05, 3.63) is 58.9 Å². The van der Waals surface area contributed by atoms with Crippen LogP contribution in [-0.2, 0) is 6.54 Å². The van der Waals surface area contributed by atoms with Crippen LogP contribution in [0.25, 0.3) is 4.96 Å². The monoisotopic (exact) mass is 282 g/mol. The zero-order valence-corrected chi connectivity index (χ0v) is 11.9. The predicted octanol–water partition coefficient (Wildman–Crippen LogP) is 3.12. The van der Waals surface area contributed by atoms with Gasteiger partial charge in [0.2, 0.25) is 0 Å². The summed E-state index contributed by atoms with van der Waals surface area (Å²) in [7, 11) is 0. The highest BCUT2D eigenvalue weighted by Gasteiger charge is 2.07. The summed E-state index contributed by atoms with van der Waals surface area (Å²) < 4.78 is 2.04. The molecule has 20 heavy (non-hydrogen) atoms. The Hall–Kier alpha value is -2.16. The molecule has 3 aromatic rings. The van der Waals surface area contributed by atoms with Gasteiger partial charge in [0, 0.05) is 30.4 Å². The van der Waals surface area contributed by atoms with Gasteiger partial charge in [-0.1, -0.05) is 12.1 Å². The van der Waals surface area contributed by atoms with Gasteiger partial charge in [0.1, 0.15) is 0 Å². The first-order valence-electron chi connectivity index (χ1n) is 6.41. The zero-order chi connectivity index (χ0) is 13.9. The molecule has 1 N–H and O–H groups in total. The van der Waals surface area contributed by atoms with Gasteiger partial charge in [0.05, 0.1) is 17.3 Å². The fourth-order valence-electron chi connectivity index (χ4n) is 2.08. The summed E-state index contributed by atoms with van der Waals surface area (Å²) in [4.78, 5) is 5.56. The molecule has 1 aromatic carbocycles. The van der Waals surface area contributed by atoms with Gasteiger partial charge < -0.3 is 5.32 Å². The van der Waals surface area contributed by atoms with Gasteiger partial charge in [0.15, 0.2) is 4.96 Å². The van der Waals surface area contributed by atoms with E-state index in [1.807, 2.05) is 46.4 Å². The maximum Gasteiger partial charge on any atom is 0.193 e. The minimum atomic E-state index is 0.225. The van der Waals surface area contributed by atoms with Crippen LogP contribution in [0.2, 0.25) is 0 Å². The van der Waals surface area contributed by atoms with Gasteiger partial charge in [0.25, 0.3) is 0 Å². The molecule has 0 saturated carbocycles. The number of imidazole rings is 1. The highest BCUT2D eigenvalue weighted by molar-refractivity contribution is 7.15. The molecule has 0 aliphatic carbocycles. The number of hydrogen-bond donors (Lipinski definition) is 1. The van der Waals surface area contributed by atoms with Crippen molar-refractivity contribution in [2.24, 2.45) is 0 Å². The minimum Gasteiger partial charge on any atom is -0.305 e. The van der Waals surface area contributed by atoms with E-state index in [-0.39, 0.29) is 6.04 Å². The van der Waals surface area contributed by atoms with Crippen LogP contribution < -0.4 is 5.32 Å². The van der Waals surface area contributed by atoms with Crippen molar-refractivity contribution in [1.29, 1.82) is 5.26 Å². The molecule has 0 amide bonds. The Kier molecular flexibility index (Phi) is 3.50. The predicted molar refractivity (Wildman–Crippen MR) is 79.5 cm³/mol. The second-order valence-corrected chi connectivity index (χ2v) is 5.53. The van der Waals surface area contributed by atoms with E-state index in [1.54, 1.807) is 11.3 Å². The summed E-state index contributed by atoms with van der Waals surface area (Å²) in [5.74, 6) is 0. The average molecular weight is 282 g/mol. The highest BCUT2D eigenvalue weighted by Crippen LogP contribution is 2.15. The number of nitrogens with zero attached hydrogens (tertiary/aromatic N) is 3. The SMILES string of the molecule is CC(NCc1cn2ccsc2n1)c1ccc(C#N)cc1. The van der Waals surface area contributed by atoms with Crippen LogP contribution >= 0.6 is 11.3 Å². The number of benzene rings is 1. The Morgan fingerprint density at radius 3 is 2.90 bits per heavy atom. The van der Waals surface area contributed by atoms with E-state index in [1.165, 1.54) is 5.56 Å². The van der Waals surface area contributed by atoms with Gasteiger partial charge in [-0.3, -0.25) is 4.40 Å². The number of rotatable bonds is 4. The quantitative estimate of drug-likeness (QED) is 0.800. The summed E-state index contributed by atoms with van der Waals surface area (Å²) in [6.07, 6.45) is 4.06. The van der Waals surface area contributed by atoms with Crippen LogP contribution in [0.4, 0.5) is 0 Å². The molecule has 0 fully saturated rings. The Balaban J connectivity index is 1.65. The van der Waals surface area contributed by atoms with E-state index in [9.17, 15) is 0 Å². The van der Waals surface area contributed by atoms with Crippen LogP contribution in [0.3, 0.4) is 0 Å². The molecule has 0 saturated heterocycles. The van der Waals surface area contributed by atoms with Crippen LogP contribution in [0, 0.1) is 11.3 Å². The number of hydrogen-bond acceptors (Lipinski definition) is 4. The Bertz CT molecular complexity index is 720. The summed E-state index contributed by atoms with van der Waals surface area (Å²) in [5, 5.41) is 14.3. The van der Waals surface area contributed by atoms with Crippen LogP contribution in [-0.4, -0.2) is 9.38 Å². The lowest BCUT2D eigenvalue weighted by Gasteiger charge is -2.13. The molecule has 0 bridgehead atoms. The first-order valence-corrected chi connectivity index (χ1v) is 7.29. The number of nitriles is 1. The molecule has 100 valence electrons. The topological polar surface area (TPSA) is 53.1 Å². The van der Waals surface area contributed by atoms with E-state index in [0.29, 0.717) is 5.56 Å². The van der Waals surface area contributed by atoms with Gasteiger partial charge in [-0.2, -0.15) is 5.26 Å². The van der Waals surface area contributed by atoms with Gasteiger partial charge in [-0.05, 0) is 24.6 Å². The maximum absolute atomic E-state index is 8.79. The van der Waals surface area contributed by atoms with Gasteiger partial charge in [-0.15, -0.1) is 11.3 Å². The van der Waals surface area contributed by atoms with E-state index >= 15 is 0 Å². The van der Waals surface area contributed by atoms with Crippen LogP contribution in [0.1, 0.15) is 29.8 Å². The second kappa shape index (κ2) is 5.45.